The Labute approximate surface area is 177 Å². The van der Waals surface area contributed by atoms with Crippen molar-refractivity contribution in [1.82, 2.24) is 25.2 Å². The van der Waals surface area contributed by atoms with Crippen LogP contribution < -0.4 is 5.32 Å². The summed E-state index contributed by atoms with van der Waals surface area (Å²) in [4.78, 5) is 25.6. The number of nitrogens with one attached hydrogen (secondary N) is 1. The highest BCUT2D eigenvalue weighted by Crippen LogP contribution is 2.30. The second kappa shape index (κ2) is 10.2. The zero-order valence-corrected chi connectivity index (χ0v) is 17.0. The van der Waals surface area contributed by atoms with Crippen LogP contribution in [0.1, 0.15) is 18.7 Å². The SMILES string of the molecule is CC(=O)N[C@H]1[C@H]([C@H](O)[C@H](O)CO)OC(C(=O)O)=C[C@@H]1n1cc(CN2CCOCC2)nn1. The van der Waals surface area contributed by atoms with E-state index in [0.29, 0.717) is 25.5 Å². The number of amides is 1. The number of hydrogen-bond acceptors (Lipinski definition) is 10. The quantitative estimate of drug-likeness (QED) is 0.282. The van der Waals surface area contributed by atoms with Crippen molar-refractivity contribution in [2.24, 2.45) is 0 Å². The molecular formula is C18H27N5O8. The highest BCUT2D eigenvalue weighted by atomic mass is 16.5. The van der Waals surface area contributed by atoms with Crippen LogP contribution in [0.2, 0.25) is 0 Å². The predicted molar refractivity (Wildman–Crippen MR) is 102 cm³/mol. The van der Waals surface area contributed by atoms with Gasteiger partial charge in [0.1, 0.15) is 18.3 Å². The normalized spacial score (nSPS) is 26.5. The van der Waals surface area contributed by atoms with Gasteiger partial charge in [0, 0.05) is 26.6 Å². The molecule has 0 aliphatic carbocycles. The molecule has 0 radical (unpaired) electrons. The summed E-state index contributed by atoms with van der Waals surface area (Å²) in [5, 5.41) is 49.8. The number of carboxylic acid groups (broad SMARTS) is 1. The maximum Gasteiger partial charge on any atom is 0.370 e. The Morgan fingerprint density at radius 2 is 2.03 bits per heavy atom. The first kappa shape index (κ1) is 23.1. The van der Waals surface area contributed by atoms with Gasteiger partial charge in [-0.1, -0.05) is 5.21 Å². The third kappa shape index (κ3) is 5.57. The van der Waals surface area contributed by atoms with Gasteiger partial charge in [0.25, 0.3) is 0 Å². The van der Waals surface area contributed by atoms with Crippen LogP contribution in [-0.2, 0) is 25.6 Å². The molecule has 2 aliphatic rings. The van der Waals surface area contributed by atoms with Gasteiger partial charge in [-0.25, -0.2) is 9.48 Å². The summed E-state index contributed by atoms with van der Waals surface area (Å²) in [5.74, 6) is -2.34. The summed E-state index contributed by atoms with van der Waals surface area (Å²) >= 11 is 0. The third-order valence-electron chi connectivity index (χ3n) is 5.16. The fraction of sp³-hybridized carbons (Fsp3) is 0.667. The molecule has 1 fully saturated rings. The number of ether oxygens (including phenoxy) is 2. The molecule has 1 saturated heterocycles. The highest BCUT2D eigenvalue weighted by Gasteiger charge is 2.44. The van der Waals surface area contributed by atoms with E-state index < -0.39 is 54.6 Å². The van der Waals surface area contributed by atoms with E-state index in [4.69, 9.17) is 9.47 Å². The molecule has 1 amide bonds. The number of aliphatic hydroxyl groups is 3. The predicted octanol–water partition coefficient (Wildman–Crippen LogP) is -2.76. The molecule has 3 heterocycles. The molecule has 0 spiro atoms. The molecule has 3 rings (SSSR count). The lowest BCUT2D eigenvalue weighted by molar-refractivity contribution is -0.147. The first-order valence-corrected chi connectivity index (χ1v) is 9.86. The molecule has 0 aromatic carbocycles. The number of carboxylic acids is 1. The summed E-state index contributed by atoms with van der Waals surface area (Å²) in [6, 6.07) is -1.87. The molecule has 2 aliphatic heterocycles. The second-order valence-electron chi connectivity index (χ2n) is 7.45. The maximum absolute atomic E-state index is 11.8. The van der Waals surface area contributed by atoms with Crippen LogP contribution >= 0.6 is 0 Å². The van der Waals surface area contributed by atoms with Crippen molar-refractivity contribution < 1.29 is 39.5 Å². The molecule has 31 heavy (non-hydrogen) atoms. The van der Waals surface area contributed by atoms with Crippen LogP contribution in [0, 0.1) is 0 Å². The molecule has 13 nitrogen and oxygen atoms in total. The lowest BCUT2D eigenvalue weighted by atomic mass is 9.92. The van der Waals surface area contributed by atoms with Crippen molar-refractivity contribution in [3.63, 3.8) is 0 Å². The molecule has 0 bridgehead atoms. The Morgan fingerprint density at radius 3 is 2.65 bits per heavy atom. The minimum absolute atomic E-state index is 0.463. The number of rotatable bonds is 8. The molecular weight excluding hydrogens is 414 g/mol. The zero-order chi connectivity index (χ0) is 22.5. The van der Waals surface area contributed by atoms with Crippen molar-refractivity contribution in [2.45, 2.75) is 43.9 Å². The van der Waals surface area contributed by atoms with Crippen molar-refractivity contribution >= 4 is 11.9 Å². The van der Waals surface area contributed by atoms with E-state index in [9.17, 15) is 30.0 Å². The van der Waals surface area contributed by atoms with Gasteiger partial charge in [0.05, 0.1) is 43.8 Å². The molecule has 13 heteroatoms. The highest BCUT2D eigenvalue weighted by molar-refractivity contribution is 5.84. The van der Waals surface area contributed by atoms with Crippen LogP contribution in [0.5, 0.6) is 0 Å². The van der Waals surface area contributed by atoms with Gasteiger partial charge < -0.3 is 35.2 Å². The first-order chi connectivity index (χ1) is 14.8. The Hall–Kier alpha value is -2.58. The van der Waals surface area contributed by atoms with Gasteiger partial charge in [-0.3, -0.25) is 9.69 Å². The van der Waals surface area contributed by atoms with Gasteiger partial charge in [-0.05, 0) is 6.08 Å². The number of nitrogens with zero attached hydrogens (tertiary/aromatic N) is 4. The van der Waals surface area contributed by atoms with E-state index in [0.717, 1.165) is 13.1 Å². The fourth-order valence-corrected chi connectivity index (χ4v) is 3.61. The minimum atomic E-state index is -1.68. The van der Waals surface area contributed by atoms with E-state index in [1.165, 1.54) is 17.7 Å². The number of aromatic nitrogens is 3. The largest absolute Gasteiger partial charge is 0.478 e. The smallest absolute Gasteiger partial charge is 0.370 e. The van der Waals surface area contributed by atoms with E-state index >= 15 is 0 Å². The Bertz CT molecular complexity index is 809. The van der Waals surface area contributed by atoms with Gasteiger partial charge in [-0.15, -0.1) is 5.10 Å². The Morgan fingerprint density at radius 1 is 1.32 bits per heavy atom. The fourth-order valence-electron chi connectivity index (χ4n) is 3.61. The average Bonchev–Trinajstić information content (AvgIpc) is 3.21. The van der Waals surface area contributed by atoms with Gasteiger partial charge >= 0.3 is 5.97 Å². The summed E-state index contributed by atoms with van der Waals surface area (Å²) in [6.45, 7) is 3.72. The summed E-state index contributed by atoms with van der Waals surface area (Å²) in [6.07, 6.45) is -1.77. The molecule has 172 valence electrons. The summed E-state index contributed by atoms with van der Waals surface area (Å²) in [5.41, 5.74) is 0.632. The molecule has 5 N–H and O–H groups in total. The van der Waals surface area contributed by atoms with E-state index in [-0.39, 0.29) is 0 Å². The molecule has 1 aromatic heterocycles. The van der Waals surface area contributed by atoms with Gasteiger partial charge in [0.15, 0.2) is 0 Å². The molecule has 0 unspecified atom stereocenters. The van der Waals surface area contributed by atoms with Crippen LogP contribution in [0.3, 0.4) is 0 Å². The van der Waals surface area contributed by atoms with Crippen molar-refractivity contribution in [1.29, 1.82) is 0 Å². The number of morpholine rings is 1. The lowest BCUT2D eigenvalue weighted by Crippen LogP contribution is -2.58. The van der Waals surface area contributed by atoms with E-state index in [2.05, 4.69) is 20.5 Å². The van der Waals surface area contributed by atoms with Crippen LogP contribution in [0.25, 0.3) is 0 Å². The van der Waals surface area contributed by atoms with E-state index in [1.54, 1.807) is 6.20 Å². The topological polar surface area (TPSA) is 180 Å². The van der Waals surface area contributed by atoms with Gasteiger partial charge in [-0.2, -0.15) is 0 Å². The second-order valence-corrected chi connectivity index (χ2v) is 7.45. The molecule has 1 aromatic rings. The third-order valence-corrected chi connectivity index (χ3v) is 5.16. The summed E-state index contributed by atoms with van der Waals surface area (Å²) in [7, 11) is 0. The maximum atomic E-state index is 11.8. The number of aliphatic hydroxyl groups excluding tert-OH is 3. The number of hydrogen-bond donors (Lipinski definition) is 5. The number of carbonyl (C=O) groups is 2. The lowest BCUT2D eigenvalue weighted by Gasteiger charge is -2.39. The zero-order valence-electron chi connectivity index (χ0n) is 17.0. The van der Waals surface area contributed by atoms with Crippen LogP contribution in [0.15, 0.2) is 18.0 Å². The van der Waals surface area contributed by atoms with Crippen LogP contribution in [0.4, 0.5) is 0 Å². The average molecular weight is 441 g/mol. The van der Waals surface area contributed by atoms with E-state index in [1.807, 2.05) is 0 Å². The van der Waals surface area contributed by atoms with Crippen LogP contribution in [-0.4, -0.2) is 109 Å². The monoisotopic (exact) mass is 441 g/mol. The molecule has 5 atom stereocenters. The van der Waals surface area contributed by atoms with Crippen molar-refractivity contribution in [3.8, 4) is 0 Å². The number of aliphatic carboxylic acids is 1. The Kier molecular flexibility index (Phi) is 7.56. The van der Waals surface area contributed by atoms with Gasteiger partial charge in [0.2, 0.25) is 11.7 Å². The first-order valence-electron chi connectivity index (χ1n) is 9.86. The minimum Gasteiger partial charge on any atom is -0.478 e. The summed E-state index contributed by atoms with van der Waals surface area (Å²) < 4.78 is 12.1. The number of carbonyl (C=O) groups excluding carboxylic acids is 1. The molecule has 0 saturated carbocycles. The Balaban J connectivity index is 1.91. The van der Waals surface area contributed by atoms with Crippen molar-refractivity contribution in [2.75, 3.05) is 32.9 Å². The standard InChI is InChI=1S/C18H27N5O8/c1-10(25)19-15-12(6-14(18(28)29)31-17(15)16(27)13(26)9-24)23-8-11(20-21-23)7-22-2-4-30-5-3-22/h6,8,12-13,15-17,24,26-27H,2-5,7,9H2,1H3,(H,19,25)(H,28,29)/t12-,13+,15+,16+,17+/m0/s1. The van der Waals surface area contributed by atoms with Crippen molar-refractivity contribution in [3.05, 3.63) is 23.7 Å².